The van der Waals surface area contributed by atoms with Gasteiger partial charge in [-0.05, 0) is 0 Å². The molecule has 2 heteroatoms. The highest BCUT2D eigenvalue weighted by molar-refractivity contribution is 5.75. The van der Waals surface area contributed by atoms with Crippen molar-refractivity contribution in [3.8, 4) is 0 Å². The van der Waals surface area contributed by atoms with E-state index in [2.05, 4.69) is 22.5 Å². The first-order chi connectivity index (χ1) is 4.47. The summed E-state index contributed by atoms with van der Waals surface area (Å²) in [6.45, 7) is 0. The van der Waals surface area contributed by atoms with Gasteiger partial charge in [-0.25, -0.2) is 0 Å². The number of nitrogens with zero attached hydrogens (tertiary/aromatic N) is 1. The van der Waals surface area contributed by atoms with Crippen LogP contribution in [0.5, 0.6) is 0 Å². The molecule has 2 radical (unpaired) electrons. The highest BCUT2D eigenvalue weighted by Crippen LogP contribution is 2.05. The minimum atomic E-state index is 0.914. The average Bonchev–Trinajstić information content (AvgIpc) is 2.33. The van der Waals surface area contributed by atoms with E-state index in [0.29, 0.717) is 0 Å². The van der Waals surface area contributed by atoms with E-state index in [4.69, 9.17) is 0 Å². The van der Waals surface area contributed by atoms with Crippen LogP contribution in [0.25, 0.3) is 10.9 Å². The largest absolute Gasteiger partial charge is 0.277 e. The van der Waals surface area contributed by atoms with Gasteiger partial charge in [0.25, 0.3) is 0 Å². The van der Waals surface area contributed by atoms with Crippen LogP contribution in [0.3, 0.4) is 0 Å². The van der Waals surface area contributed by atoms with Crippen LogP contribution in [-0.4, -0.2) is 10.2 Å². The summed E-state index contributed by atoms with van der Waals surface area (Å²) in [6.07, 6.45) is 2.78. The third-order valence-corrected chi connectivity index (χ3v) is 1.20. The second-order valence-electron chi connectivity index (χ2n) is 1.79. The SMILES string of the molecule is [c]1n[nH]c2[c]cccc12. The fourth-order valence-corrected chi connectivity index (χ4v) is 0.767. The zero-order valence-corrected chi connectivity index (χ0v) is 4.68. The highest BCUT2D eigenvalue weighted by Gasteiger charge is 1.89. The molecule has 1 heterocycles. The summed E-state index contributed by atoms with van der Waals surface area (Å²) < 4.78 is 0. The van der Waals surface area contributed by atoms with Crippen molar-refractivity contribution in [2.45, 2.75) is 0 Å². The van der Waals surface area contributed by atoms with E-state index in [-0.39, 0.29) is 0 Å². The molecule has 0 aliphatic rings. The molecule has 0 fully saturated rings. The molecular formula is C7H4N2. The van der Waals surface area contributed by atoms with Gasteiger partial charge < -0.3 is 0 Å². The third kappa shape index (κ3) is 0.598. The van der Waals surface area contributed by atoms with E-state index in [9.17, 15) is 0 Å². The molecule has 0 saturated carbocycles. The third-order valence-electron chi connectivity index (χ3n) is 1.20. The first-order valence-electron chi connectivity index (χ1n) is 2.69. The molecule has 0 amide bonds. The molecule has 0 aliphatic carbocycles. The van der Waals surface area contributed by atoms with Crippen molar-refractivity contribution in [3.05, 3.63) is 30.5 Å². The van der Waals surface area contributed by atoms with E-state index in [1.807, 2.05) is 18.2 Å². The van der Waals surface area contributed by atoms with Crippen LogP contribution in [0.1, 0.15) is 0 Å². The number of hydrogen-bond acceptors (Lipinski definition) is 1. The zero-order valence-electron chi connectivity index (χ0n) is 4.68. The van der Waals surface area contributed by atoms with Crippen LogP contribution >= 0.6 is 0 Å². The van der Waals surface area contributed by atoms with Crippen molar-refractivity contribution in [1.29, 1.82) is 0 Å². The van der Waals surface area contributed by atoms with Crippen LogP contribution < -0.4 is 0 Å². The number of fused-ring (bicyclic) bond motifs is 1. The molecule has 0 aliphatic heterocycles. The summed E-state index contributed by atoms with van der Waals surface area (Å²) in [5.41, 5.74) is 0.914. The predicted molar refractivity (Wildman–Crippen MR) is 33.8 cm³/mol. The Balaban J connectivity index is 2.95. The van der Waals surface area contributed by atoms with Gasteiger partial charge in [-0.1, -0.05) is 18.2 Å². The molecule has 0 atom stereocenters. The summed E-state index contributed by atoms with van der Waals surface area (Å²) in [7, 11) is 0. The minimum Gasteiger partial charge on any atom is -0.277 e. The second kappa shape index (κ2) is 1.58. The lowest BCUT2D eigenvalue weighted by Crippen LogP contribution is -1.64. The first-order valence-corrected chi connectivity index (χ1v) is 2.69. The predicted octanol–water partition coefficient (Wildman–Crippen LogP) is 1.16. The Labute approximate surface area is 52.5 Å². The Morgan fingerprint density at radius 1 is 1.56 bits per heavy atom. The maximum Gasteiger partial charge on any atom is 0.121 e. The Hall–Kier alpha value is -1.31. The Morgan fingerprint density at radius 2 is 2.56 bits per heavy atom. The molecule has 0 spiro atoms. The normalized spacial score (nSPS) is 10.2. The number of H-pyrrole nitrogens is 1. The number of rotatable bonds is 0. The van der Waals surface area contributed by atoms with E-state index in [1.165, 1.54) is 0 Å². The van der Waals surface area contributed by atoms with Crippen LogP contribution in [0, 0.1) is 12.3 Å². The molecule has 1 aromatic heterocycles. The highest BCUT2D eigenvalue weighted by atomic mass is 15.1. The summed E-state index contributed by atoms with van der Waals surface area (Å²) in [6, 6.07) is 8.67. The molecule has 0 bridgehead atoms. The number of aromatic nitrogens is 2. The summed E-state index contributed by atoms with van der Waals surface area (Å²) in [5.74, 6) is 0. The van der Waals surface area contributed by atoms with Crippen molar-refractivity contribution >= 4 is 10.9 Å². The van der Waals surface area contributed by atoms with Gasteiger partial charge in [-0.2, -0.15) is 5.10 Å². The minimum absolute atomic E-state index is 0.914. The number of para-hydroxylation sites is 1. The lowest BCUT2D eigenvalue weighted by atomic mass is 10.3. The molecule has 1 aromatic carbocycles. The molecule has 2 nitrogen and oxygen atoms in total. The smallest absolute Gasteiger partial charge is 0.121 e. The van der Waals surface area contributed by atoms with Gasteiger partial charge >= 0.3 is 0 Å². The van der Waals surface area contributed by atoms with Crippen molar-refractivity contribution in [2.75, 3.05) is 0 Å². The molecule has 42 valence electrons. The number of hydrogen-bond donors (Lipinski definition) is 1. The van der Waals surface area contributed by atoms with E-state index >= 15 is 0 Å². The Kier molecular flexibility index (Phi) is 0.803. The monoisotopic (exact) mass is 116 g/mol. The van der Waals surface area contributed by atoms with Crippen molar-refractivity contribution in [3.63, 3.8) is 0 Å². The van der Waals surface area contributed by atoms with Crippen molar-refractivity contribution in [2.24, 2.45) is 0 Å². The van der Waals surface area contributed by atoms with Gasteiger partial charge in [0.05, 0.1) is 5.52 Å². The van der Waals surface area contributed by atoms with E-state index < -0.39 is 0 Å². The topological polar surface area (TPSA) is 28.7 Å². The van der Waals surface area contributed by atoms with Crippen molar-refractivity contribution < 1.29 is 0 Å². The van der Waals surface area contributed by atoms with Gasteiger partial charge in [0.15, 0.2) is 0 Å². The number of nitrogens with one attached hydrogen (secondary N) is 1. The average molecular weight is 116 g/mol. The first kappa shape index (κ1) is 4.56. The molecule has 9 heavy (non-hydrogen) atoms. The number of benzene rings is 1. The van der Waals surface area contributed by atoms with Gasteiger partial charge in [0, 0.05) is 11.5 Å². The molecule has 0 saturated heterocycles. The standard InChI is InChI=1S/C7H4N2/c1-2-4-7-6(3-1)5-8-9-7/h1-3H,(H,8,9). The fraction of sp³-hybridized carbons (Fsp3) is 0. The molecular weight excluding hydrogens is 112 g/mol. The second-order valence-corrected chi connectivity index (χ2v) is 1.79. The summed E-state index contributed by atoms with van der Waals surface area (Å²) >= 11 is 0. The lowest BCUT2D eigenvalue weighted by molar-refractivity contribution is 1.11. The van der Waals surface area contributed by atoms with E-state index in [0.717, 1.165) is 10.9 Å². The van der Waals surface area contributed by atoms with Crippen LogP contribution in [-0.2, 0) is 0 Å². The molecule has 0 unspecified atom stereocenters. The Morgan fingerprint density at radius 3 is 3.44 bits per heavy atom. The summed E-state index contributed by atoms with van der Waals surface area (Å²) in [5, 5.41) is 7.46. The molecule has 1 N–H and O–H groups in total. The van der Waals surface area contributed by atoms with Crippen LogP contribution in [0.2, 0.25) is 0 Å². The lowest BCUT2D eigenvalue weighted by Gasteiger charge is -1.80. The summed E-state index contributed by atoms with van der Waals surface area (Å²) in [4.78, 5) is 0. The van der Waals surface area contributed by atoms with Gasteiger partial charge in [-0.15, -0.1) is 0 Å². The Bertz CT molecular complexity index is 281. The zero-order chi connectivity index (χ0) is 6.10. The maximum atomic E-state index is 3.72. The van der Waals surface area contributed by atoms with Crippen molar-refractivity contribution in [1.82, 2.24) is 10.2 Å². The van der Waals surface area contributed by atoms with E-state index in [1.54, 1.807) is 0 Å². The quantitative estimate of drug-likeness (QED) is 0.549. The van der Waals surface area contributed by atoms with Gasteiger partial charge in [0.2, 0.25) is 0 Å². The maximum absolute atomic E-state index is 3.72. The van der Waals surface area contributed by atoms with Gasteiger partial charge in [0.1, 0.15) is 6.20 Å². The van der Waals surface area contributed by atoms with Crippen LogP contribution in [0.4, 0.5) is 0 Å². The fourth-order valence-electron chi connectivity index (χ4n) is 0.767. The molecule has 2 aromatic rings. The molecule has 2 rings (SSSR count). The van der Waals surface area contributed by atoms with Gasteiger partial charge in [-0.3, -0.25) is 5.10 Å². The van der Waals surface area contributed by atoms with Crippen LogP contribution in [0.15, 0.2) is 18.2 Å². The number of aromatic amines is 1.